The van der Waals surface area contributed by atoms with E-state index in [2.05, 4.69) is 56.8 Å². The molecule has 2 saturated heterocycles. The van der Waals surface area contributed by atoms with E-state index in [1.165, 1.54) is 29.5 Å². The highest BCUT2D eigenvalue weighted by molar-refractivity contribution is 5.99. The van der Waals surface area contributed by atoms with Crippen molar-refractivity contribution in [2.24, 2.45) is 14.1 Å². The molecule has 0 amide bonds. The number of anilines is 2. The van der Waals surface area contributed by atoms with Crippen LogP contribution in [-0.4, -0.2) is 95.1 Å². The first-order valence-corrected chi connectivity index (χ1v) is 23.0. The number of aryl methyl sites for hydroxylation is 2. The van der Waals surface area contributed by atoms with Crippen molar-refractivity contribution in [1.29, 1.82) is 0 Å². The van der Waals surface area contributed by atoms with Crippen LogP contribution in [0.4, 0.5) is 42.4 Å². The molecule has 2 fully saturated rings. The van der Waals surface area contributed by atoms with E-state index in [0.717, 1.165) is 128 Å². The number of hydrogen-bond donors (Lipinski definition) is 1. The molecule has 2 aromatic carbocycles. The van der Waals surface area contributed by atoms with E-state index in [9.17, 15) is 30.7 Å². The second kappa shape index (κ2) is 19.8. The number of rotatable bonds is 10. The summed E-state index contributed by atoms with van der Waals surface area (Å²) in [6.07, 6.45) is 2.11. The Morgan fingerprint density at radius 2 is 1.26 bits per heavy atom. The lowest BCUT2D eigenvalue weighted by Crippen LogP contribution is -2.43. The van der Waals surface area contributed by atoms with Gasteiger partial charge in [-0.15, -0.1) is 20.4 Å². The molecule has 69 heavy (non-hydrogen) atoms. The van der Waals surface area contributed by atoms with E-state index in [0.29, 0.717) is 6.07 Å². The third-order valence-electron chi connectivity index (χ3n) is 13.5. The zero-order valence-electron chi connectivity index (χ0n) is 38.4. The first-order valence-electron chi connectivity index (χ1n) is 23.0. The molecule has 7 aromatic rings. The fourth-order valence-electron chi connectivity index (χ4n) is 9.88. The van der Waals surface area contributed by atoms with Crippen molar-refractivity contribution < 1.29 is 30.7 Å². The molecular formula is C49H52F7N13. The van der Waals surface area contributed by atoms with Gasteiger partial charge in [0.2, 0.25) is 0 Å². The molecule has 20 heteroatoms. The predicted octanol–water partition coefficient (Wildman–Crippen LogP) is 8.83. The van der Waals surface area contributed by atoms with Gasteiger partial charge in [0.05, 0.1) is 28.2 Å². The zero-order chi connectivity index (χ0) is 48.5. The Morgan fingerprint density at radius 1 is 0.652 bits per heavy atom. The summed E-state index contributed by atoms with van der Waals surface area (Å²) in [5.41, 5.74) is 4.56. The molecule has 1 aliphatic carbocycles. The minimum Gasteiger partial charge on any atom is -0.355 e. The van der Waals surface area contributed by atoms with Crippen LogP contribution >= 0.6 is 0 Å². The summed E-state index contributed by atoms with van der Waals surface area (Å²) in [7, 11) is 5.64. The molecule has 10 rings (SSSR count). The SMILES string of the molecule is CN(Cc1ncccc1C(F)(F)F)C1CCN(c2nnc(-c3ccnn3C)c3ccccc23)CC1.Cn1nccc1-c1nnc(N2CCC(NCc3ccc(F)cc3C(F)(F)F)CC2)c2c1CCC2. The molecule has 362 valence electrons. The minimum absolute atomic E-state index is 0.0500. The number of nitrogens with zero attached hydrogens (tertiary/aromatic N) is 12. The zero-order valence-corrected chi connectivity index (χ0v) is 38.4. The van der Waals surface area contributed by atoms with Gasteiger partial charge in [-0.3, -0.25) is 19.2 Å². The lowest BCUT2D eigenvalue weighted by molar-refractivity contribution is -0.139. The lowest BCUT2D eigenvalue weighted by atomic mass is 10.0. The summed E-state index contributed by atoms with van der Waals surface area (Å²) in [6.45, 7) is 3.19. The summed E-state index contributed by atoms with van der Waals surface area (Å²) < 4.78 is 96.8. The van der Waals surface area contributed by atoms with Crippen molar-refractivity contribution >= 4 is 22.4 Å². The highest BCUT2D eigenvalue weighted by atomic mass is 19.4. The highest BCUT2D eigenvalue weighted by Crippen LogP contribution is 2.38. The molecule has 2 aliphatic heterocycles. The maximum atomic E-state index is 13.4. The van der Waals surface area contributed by atoms with Crippen LogP contribution in [-0.2, 0) is 52.4 Å². The molecule has 0 atom stereocenters. The topological polar surface area (TPSA) is 122 Å². The van der Waals surface area contributed by atoms with Crippen LogP contribution in [0.5, 0.6) is 0 Å². The normalized spacial score (nSPS) is 16.0. The van der Waals surface area contributed by atoms with Gasteiger partial charge in [0.15, 0.2) is 11.6 Å². The van der Waals surface area contributed by atoms with Crippen LogP contribution in [0.2, 0.25) is 0 Å². The summed E-state index contributed by atoms with van der Waals surface area (Å²) in [6, 6.07) is 17.5. The number of nitrogens with one attached hydrogen (secondary N) is 1. The Labute approximate surface area is 394 Å². The number of fused-ring (bicyclic) bond motifs is 2. The van der Waals surface area contributed by atoms with Crippen molar-refractivity contribution in [3.8, 4) is 22.8 Å². The maximum absolute atomic E-state index is 13.4. The van der Waals surface area contributed by atoms with Gasteiger partial charge in [-0.1, -0.05) is 30.3 Å². The number of aromatic nitrogens is 9. The predicted molar refractivity (Wildman–Crippen MR) is 247 cm³/mol. The van der Waals surface area contributed by atoms with E-state index in [1.807, 2.05) is 61.1 Å². The molecule has 0 bridgehead atoms. The molecule has 7 heterocycles. The van der Waals surface area contributed by atoms with Gasteiger partial charge in [0, 0.05) is 100 Å². The van der Waals surface area contributed by atoms with Gasteiger partial charge in [0.1, 0.15) is 17.2 Å². The van der Waals surface area contributed by atoms with Crippen LogP contribution in [0.1, 0.15) is 65.6 Å². The first-order chi connectivity index (χ1) is 33.1. The number of benzene rings is 2. The van der Waals surface area contributed by atoms with Crippen LogP contribution < -0.4 is 15.1 Å². The third kappa shape index (κ3) is 10.3. The van der Waals surface area contributed by atoms with Crippen LogP contribution in [0.25, 0.3) is 33.5 Å². The van der Waals surface area contributed by atoms with Gasteiger partial charge in [-0.25, -0.2) is 4.39 Å². The monoisotopic (exact) mass is 955 g/mol. The van der Waals surface area contributed by atoms with Gasteiger partial charge < -0.3 is 15.1 Å². The quantitative estimate of drug-likeness (QED) is 0.133. The van der Waals surface area contributed by atoms with E-state index in [1.54, 1.807) is 17.1 Å². The molecule has 0 unspecified atom stereocenters. The number of alkyl halides is 6. The fourth-order valence-corrected chi connectivity index (χ4v) is 9.88. The van der Waals surface area contributed by atoms with Crippen LogP contribution in [0.3, 0.4) is 0 Å². The van der Waals surface area contributed by atoms with Crippen LogP contribution in [0.15, 0.2) is 85.3 Å². The van der Waals surface area contributed by atoms with E-state index >= 15 is 0 Å². The smallest absolute Gasteiger partial charge is 0.355 e. The molecular weight excluding hydrogens is 904 g/mol. The third-order valence-corrected chi connectivity index (χ3v) is 13.5. The summed E-state index contributed by atoms with van der Waals surface area (Å²) in [4.78, 5) is 10.4. The molecule has 13 nitrogen and oxygen atoms in total. The van der Waals surface area contributed by atoms with Gasteiger partial charge in [-0.05, 0) is 99.5 Å². The number of hydrogen-bond acceptors (Lipinski definition) is 11. The average molecular weight is 956 g/mol. The van der Waals surface area contributed by atoms with Crippen molar-refractivity contribution in [3.63, 3.8) is 0 Å². The molecule has 3 aliphatic rings. The number of halogens is 7. The van der Waals surface area contributed by atoms with Crippen molar-refractivity contribution in [1.82, 2.24) is 55.2 Å². The average Bonchev–Trinajstić information content (AvgIpc) is 4.12. The molecule has 0 saturated carbocycles. The Hall–Kier alpha value is -6.54. The lowest BCUT2D eigenvalue weighted by Gasteiger charge is -2.37. The van der Waals surface area contributed by atoms with Gasteiger partial charge in [-0.2, -0.15) is 36.5 Å². The van der Waals surface area contributed by atoms with Gasteiger partial charge >= 0.3 is 12.4 Å². The van der Waals surface area contributed by atoms with Crippen molar-refractivity contribution in [2.45, 2.75) is 82.5 Å². The highest BCUT2D eigenvalue weighted by Gasteiger charge is 2.36. The largest absolute Gasteiger partial charge is 0.418 e. The van der Waals surface area contributed by atoms with E-state index in [4.69, 9.17) is 0 Å². The van der Waals surface area contributed by atoms with Gasteiger partial charge in [0.25, 0.3) is 0 Å². The summed E-state index contributed by atoms with van der Waals surface area (Å²) in [5, 5.41) is 32.1. The number of piperidine rings is 2. The molecule has 0 radical (unpaired) electrons. The number of pyridine rings is 1. The maximum Gasteiger partial charge on any atom is 0.418 e. The molecule has 0 spiro atoms. The standard InChI is InChI=1S/C25H26F3N7.C24H26F4N6/c1-33(16-21-20(25(26,27)28)8-5-12-29-21)17-10-14-35(15-11-17)24-19-7-4-3-6-18(19)23(31-32-24)22-9-13-30-34(22)2;1-33-21(7-10-30-33)22-18-3-2-4-19(18)23(32-31-22)34-11-8-17(9-12-34)29-14-15-5-6-16(25)13-20(15)24(26,27)28/h3-9,12-13,17H,10-11,14-16H2,1-2H3;5-7,10,13,17,29H,2-4,8-9,11-12,14H2,1H3. The second-order valence-corrected chi connectivity index (χ2v) is 17.9. The summed E-state index contributed by atoms with van der Waals surface area (Å²) >= 11 is 0. The Morgan fingerprint density at radius 3 is 1.93 bits per heavy atom. The van der Waals surface area contributed by atoms with E-state index < -0.39 is 29.3 Å². The molecule has 5 aromatic heterocycles. The second-order valence-electron chi connectivity index (χ2n) is 17.9. The fraction of sp³-hybridized carbons (Fsp3) is 0.408. The van der Waals surface area contributed by atoms with E-state index in [-0.39, 0.29) is 36.4 Å². The minimum atomic E-state index is -4.58. The molecule has 1 N–H and O–H groups in total. The van der Waals surface area contributed by atoms with Crippen LogP contribution in [0, 0.1) is 5.82 Å². The Kier molecular flexibility index (Phi) is 13.7. The van der Waals surface area contributed by atoms with Crippen molar-refractivity contribution in [3.05, 3.63) is 125 Å². The Balaban J connectivity index is 0.000000172. The Bertz CT molecular complexity index is 2900. The van der Waals surface area contributed by atoms with Crippen molar-refractivity contribution in [2.75, 3.05) is 43.0 Å². The summed E-state index contributed by atoms with van der Waals surface area (Å²) in [5.74, 6) is 0.874. The first kappa shape index (κ1) is 47.5.